The predicted octanol–water partition coefficient (Wildman–Crippen LogP) is 2.27. The standard InChI is InChI=1S/C19H23N3O4/c1-11-9-22(3)20-17(11)14(23)8-13-16-12(5-6-21(13)2)7-15-18(19(16)24-4)26-10-25-15/h7,9,13H,5-6,8,10H2,1-4H3/t13-/m0/s1. The molecule has 7 heteroatoms. The van der Waals surface area contributed by atoms with Gasteiger partial charge in [0, 0.05) is 37.8 Å². The van der Waals surface area contributed by atoms with Crippen LogP contribution in [0.25, 0.3) is 0 Å². The number of aromatic nitrogens is 2. The molecule has 2 aliphatic heterocycles. The van der Waals surface area contributed by atoms with Gasteiger partial charge in [0.25, 0.3) is 0 Å². The van der Waals surface area contributed by atoms with Gasteiger partial charge in [0.2, 0.25) is 12.5 Å². The molecule has 0 spiro atoms. The third-order valence-corrected chi connectivity index (χ3v) is 5.20. The van der Waals surface area contributed by atoms with Crippen LogP contribution in [-0.4, -0.2) is 48.0 Å². The number of hydrogen-bond acceptors (Lipinski definition) is 6. The van der Waals surface area contributed by atoms with Crippen LogP contribution in [0.2, 0.25) is 0 Å². The third kappa shape index (κ3) is 2.63. The summed E-state index contributed by atoms with van der Waals surface area (Å²) in [5.41, 5.74) is 3.61. The second kappa shape index (κ2) is 6.32. The highest BCUT2D eigenvalue weighted by Crippen LogP contribution is 2.50. The highest BCUT2D eigenvalue weighted by atomic mass is 16.7. The number of methoxy groups -OCH3 is 1. The van der Waals surface area contributed by atoms with Gasteiger partial charge in [0.1, 0.15) is 5.69 Å². The number of hydrogen-bond donors (Lipinski definition) is 0. The predicted molar refractivity (Wildman–Crippen MR) is 95.1 cm³/mol. The summed E-state index contributed by atoms with van der Waals surface area (Å²) >= 11 is 0. The Morgan fingerprint density at radius 3 is 2.88 bits per heavy atom. The Labute approximate surface area is 152 Å². The summed E-state index contributed by atoms with van der Waals surface area (Å²) in [6.45, 7) is 2.98. The maximum atomic E-state index is 12.9. The molecule has 26 heavy (non-hydrogen) atoms. The zero-order chi connectivity index (χ0) is 18.4. The number of carbonyl (C=O) groups excluding carboxylic acids is 1. The van der Waals surface area contributed by atoms with E-state index in [4.69, 9.17) is 14.2 Å². The second-order valence-electron chi connectivity index (χ2n) is 6.92. The average molecular weight is 357 g/mol. The summed E-state index contributed by atoms with van der Waals surface area (Å²) in [6.07, 6.45) is 3.09. The molecule has 0 bridgehead atoms. The number of fused-ring (bicyclic) bond motifs is 2. The van der Waals surface area contributed by atoms with Gasteiger partial charge in [-0.05, 0) is 37.6 Å². The highest BCUT2D eigenvalue weighted by molar-refractivity contribution is 5.96. The van der Waals surface area contributed by atoms with Crippen molar-refractivity contribution in [2.75, 3.05) is 27.5 Å². The van der Waals surface area contributed by atoms with Crippen molar-refractivity contribution in [2.45, 2.75) is 25.8 Å². The summed E-state index contributed by atoms with van der Waals surface area (Å²) in [4.78, 5) is 15.1. The number of rotatable bonds is 4. The van der Waals surface area contributed by atoms with Crippen molar-refractivity contribution >= 4 is 5.78 Å². The first-order valence-corrected chi connectivity index (χ1v) is 8.72. The van der Waals surface area contributed by atoms with Crippen LogP contribution < -0.4 is 14.2 Å². The second-order valence-corrected chi connectivity index (χ2v) is 6.92. The van der Waals surface area contributed by atoms with Crippen molar-refractivity contribution < 1.29 is 19.0 Å². The largest absolute Gasteiger partial charge is 0.492 e. The summed E-state index contributed by atoms with van der Waals surface area (Å²) in [5, 5.41) is 4.33. The molecule has 0 amide bonds. The molecule has 0 saturated carbocycles. The van der Waals surface area contributed by atoms with E-state index >= 15 is 0 Å². The molecule has 0 saturated heterocycles. The molecule has 2 aliphatic rings. The van der Waals surface area contributed by atoms with Gasteiger partial charge in [-0.15, -0.1) is 0 Å². The summed E-state index contributed by atoms with van der Waals surface area (Å²) < 4.78 is 18.5. The molecule has 0 unspecified atom stereocenters. The fourth-order valence-corrected chi connectivity index (χ4v) is 3.94. The molecule has 0 N–H and O–H groups in total. The normalized spacial score (nSPS) is 18.7. The van der Waals surface area contributed by atoms with Gasteiger partial charge >= 0.3 is 0 Å². The molecule has 1 atom stereocenters. The molecule has 3 heterocycles. The summed E-state index contributed by atoms with van der Waals surface area (Å²) in [6, 6.07) is 1.94. The lowest BCUT2D eigenvalue weighted by atomic mass is 9.88. The maximum absolute atomic E-state index is 12.9. The molecule has 4 rings (SSSR count). The number of ether oxygens (including phenoxy) is 3. The van der Waals surface area contributed by atoms with E-state index in [2.05, 4.69) is 10.00 Å². The van der Waals surface area contributed by atoms with E-state index in [1.807, 2.05) is 33.3 Å². The number of carbonyl (C=O) groups is 1. The fraction of sp³-hybridized carbons (Fsp3) is 0.474. The number of likely N-dealkylation sites (N-methyl/N-ethyl adjacent to an activating group) is 1. The molecule has 7 nitrogen and oxygen atoms in total. The fourth-order valence-electron chi connectivity index (χ4n) is 3.94. The van der Waals surface area contributed by atoms with Crippen LogP contribution in [-0.2, 0) is 13.5 Å². The monoisotopic (exact) mass is 357 g/mol. The summed E-state index contributed by atoms with van der Waals surface area (Å²) in [7, 11) is 5.50. The average Bonchev–Trinajstić information content (AvgIpc) is 3.21. The first kappa shape index (κ1) is 16.9. The zero-order valence-corrected chi connectivity index (χ0v) is 15.5. The van der Waals surface area contributed by atoms with Crippen LogP contribution >= 0.6 is 0 Å². The zero-order valence-electron chi connectivity index (χ0n) is 15.5. The van der Waals surface area contributed by atoms with Gasteiger partial charge in [-0.25, -0.2) is 0 Å². The smallest absolute Gasteiger partial charge is 0.231 e. The molecule has 2 aromatic rings. The topological polar surface area (TPSA) is 65.8 Å². The minimum absolute atomic E-state index is 0.0347. The van der Waals surface area contributed by atoms with Gasteiger partial charge in [-0.3, -0.25) is 14.4 Å². The number of Topliss-reactive ketones (excluding diaryl/α,β-unsaturated/α-hetero) is 1. The first-order chi connectivity index (χ1) is 12.5. The molecular weight excluding hydrogens is 334 g/mol. The van der Waals surface area contributed by atoms with E-state index in [0.29, 0.717) is 23.6 Å². The maximum Gasteiger partial charge on any atom is 0.231 e. The molecule has 138 valence electrons. The Morgan fingerprint density at radius 2 is 2.19 bits per heavy atom. The van der Waals surface area contributed by atoms with Crippen LogP contribution in [0.15, 0.2) is 12.3 Å². The van der Waals surface area contributed by atoms with Gasteiger partial charge in [-0.2, -0.15) is 5.10 Å². The molecular formula is C19H23N3O4. The Balaban J connectivity index is 1.74. The number of aryl methyl sites for hydroxylation is 2. The van der Waals surface area contributed by atoms with Crippen LogP contribution in [0, 0.1) is 6.92 Å². The SMILES string of the molecule is COc1c2c(cc3c1[C@H](CC(=O)c1nn(C)cc1C)N(C)CC3)OCO2. The Bertz CT molecular complexity index is 874. The van der Waals surface area contributed by atoms with Gasteiger partial charge < -0.3 is 14.2 Å². The van der Waals surface area contributed by atoms with Crippen molar-refractivity contribution in [1.82, 2.24) is 14.7 Å². The highest BCUT2D eigenvalue weighted by Gasteiger charge is 2.35. The minimum Gasteiger partial charge on any atom is -0.492 e. The van der Waals surface area contributed by atoms with E-state index in [-0.39, 0.29) is 18.6 Å². The van der Waals surface area contributed by atoms with Crippen molar-refractivity contribution in [3.8, 4) is 17.2 Å². The number of nitrogens with zero attached hydrogens (tertiary/aromatic N) is 3. The van der Waals surface area contributed by atoms with E-state index in [1.54, 1.807) is 11.8 Å². The third-order valence-electron chi connectivity index (χ3n) is 5.20. The Hall–Kier alpha value is -2.54. The lowest BCUT2D eigenvalue weighted by Crippen LogP contribution is -2.34. The lowest BCUT2D eigenvalue weighted by molar-refractivity contribution is 0.0919. The van der Waals surface area contributed by atoms with E-state index in [0.717, 1.165) is 35.4 Å². The van der Waals surface area contributed by atoms with Crippen LogP contribution in [0.4, 0.5) is 0 Å². The summed E-state index contributed by atoms with van der Waals surface area (Å²) in [5.74, 6) is 2.06. The lowest BCUT2D eigenvalue weighted by Gasteiger charge is -2.35. The Morgan fingerprint density at radius 1 is 1.38 bits per heavy atom. The first-order valence-electron chi connectivity index (χ1n) is 8.72. The minimum atomic E-state index is -0.0860. The molecule has 1 aromatic carbocycles. The van der Waals surface area contributed by atoms with Crippen molar-refractivity contribution in [2.24, 2.45) is 7.05 Å². The van der Waals surface area contributed by atoms with E-state index < -0.39 is 0 Å². The van der Waals surface area contributed by atoms with Crippen molar-refractivity contribution in [1.29, 1.82) is 0 Å². The van der Waals surface area contributed by atoms with Crippen LogP contribution in [0.5, 0.6) is 17.2 Å². The Kier molecular flexibility index (Phi) is 4.11. The van der Waals surface area contributed by atoms with Gasteiger partial charge in [0.15, 0.2) is 17.3 Å². The van der Waals surface area contributed by atoms with E-state index in [1.165, 1.54) is 0 Å². The van der Waals surface area contributed by atoms with Crippen molar-refractivity contribution in [3.63, 3.8) is 0 Å². The van der Waals surface area contributed by atoms with Gasteiger partial charge in [-0.1, -0.05) is 0 Å². The molecule has 0 radical (unpaired) electrons. The number of benzene rings is 1. The number of ketones is 1. The van der Waals surface area contributed by atoms with Crippen LogP contribution in [0.1, 0.15) is 39.6 Å². The molecule has 0 aliphatic carbocycles. The van der Waals surface area contributed by atoms with E-state index in [9.17, 15) is 4.79 Å². The van der Waals surface area contributed by atoms with Gasteiger partial charge in [0.05, 0.1) is 7.11 Å². The quantitative estimate of drug-likeness (QED) is 0.782. The molecule has 0 fully saturated rings. The van der Waals surface area contributed by atoms with Crippen LogP contribution in [0.3, 0.4) is 0 Å². The van der Waals surface area contributed by atoms with Crippen molar-refractivity contribution in [3.05, 3.63) is 34.6 Å². The molecule has 1 aromatic heterocycles.